The first-order valence-corrected chi connectivity index (χ1v) is 10.8. The zero-order chi connectivity index (χ0) is 25.0. The van der Waals surface area contributed by atoms with Crippen LogP contribution in [0.1, 0.15) is 31.0 Å². The third-order valence-electron chi connectivity index (χ3n) is 5.94. The number of carbonyl (C=O) groups is 2. The molecular weight excluding hydrogens is 445 g/mol. The second-order valence-electron chi connectivity index (χ2n) is 7.72. The number of aliphatic hydroxyl groups is 1. The maximum Gasteiger partial charge on any atom is 0.295 e. The number of hydrogen-bond acceptors (Lipinski definition) is 7. The van der Waals surface area contributed by atoms with Crippen LogP contribution in [0.4, 0.5) is 10.1 Å². The zero-order valence-electron chi connectivity index (χ0n) is 19.2. The lowest BCUT2D eigenvalue weighted by Gasteiger charge is -2.28. The first-order valence-electron chi connectivity index (χ1n) is 10.8. The van der Waals surface area contributed by atoms with E-state index in [1.165, 1.54) is 48.4 Å². The molecule has 1 atom stereocenters. The number of benzene rings is 2. The molecule has 10 heteroatoms. The summed E-state index contributed by atoms with van der Waals surface area (Å²) in [6.07, 6.45) is 0. The van der Waals surface area contributed by atoms with Crippen molar-refractivity contribution in [1.29, 1.82) is 0 Å². The summed E-state index contributed by atoms with van der Waals surface area (Å²) in [7, 11) is 1.30. The van der Waals surface area contributed by atoms with E-state index in [2.05, 4.69) is 4.90 Å². The van der Waals surface area contributed by atoms with Crippen LogP contribution in [0.15, 0.2) is 48.0 Å². The van der Waals surface area contributed by atoms with Crippen molar-refractivity contribution in [1.82, 2.24) is 9.80 Å². The van der Waals surface area contributed by atoms with Gasteiger partial charge in [0.1, 0.15) is 5.76 Å². The highest BCUT2D eigenvalue weighted by Gasteiger charge is 2.46. The SMILES string of the molecule is CCN(CC)CCN1C(=O)C(=O)C(=C(O)c2ccc(OC)c(F)c2)[C@H]1c1ccc([N+](=O)[O-])cc1. The number of ether oxygens (including phenoxy) is 1. The molecule has 1 heterocycles. The molecule has 1 aliphatic heterocycles. The highest BCUT2D eigenvalue weighted by molar-refractivity contribution is 6.46. The van der Waals surface area contributed by atoms with Gasteiger partial charge in [-0.1, -0.05) is 13.8 Å². The smallest absolute Gasteiger partial charge is 0.295 e. The quantitative estimate of drug-likeness (QED) is 0.196. The van der Waals surface area contributed by atoms with Gasteiger partial charge in [0.05, 0.1) is 23.6 Å². The van der Waals surface area contributed by atoms with Gasteiger partial charge >= 0.3 is 0 Å². The van der Waals surface area contributed by atoms with Crippen LogP contribution in [0.3, 0.4) is 0 Å². The molecular formula is C24H26FN3O6. The minimum Gasteiger partial charge on any atom is -0.507 e. The van der Waals surface area contributed by atoms with Gasteiger partial charge in [0.2, 0.25) is 0 Å². The third kappa shape index (κ3) is 4.76. The Morgan fingerprint density at radius 1 is 1.18 bits per heavy atom. The molecule has 180 valence electrons. The second kappa shape index (κ2) is 10.4. The van der Waals surface area contributed by atoms with E-state index in [9.17, 15) is 29.2 Å². The number of rotatable bonds is 9. The van der Waals surface area contributed by atoms with Gasteiger partial charge in [0.25, 0.3) is 17.4 Å². The highest BCUT2D eigenvalue weighted by atomic mass is 19.1. The van der Waals surface area contributed by atoms with Crippen LogP contribution in [-0.4, -0.2) is 64.8 Å². The Hall–Kier alpha value is -3.79. The summed E-state index contributed by atoms with van der Waals surface area (Å²) in [5.74, 6) is -3.02. The lowest BCUT2D eigenvalue weighted by Crippen LogP contribution is -2.38. The average molecular weight is 471 g/mol. The number of ketones is 1. The van der Waals surface area contributed by atoms with E-state index in [0.29, 0.717) is 12.1 Å². The van der Waals surface area contributed by atoms with Crippen molar-refractivity contribution in [2.75, 3.05) is 33.3 Å². The Morgan fingerprint density at radius 2 is 1.82 bits per heavy atom. The fourth-order valence-electron chi connectivity index (χ4n) is 3.99. The van der Waals surface area contributed by atoms with Gasteiger partial charge in [0.15, 0.2) is 11.6 Å². The van der Waals surface area contributed by atoms with Gasteiger partial charge in [0, 0.05) is 30.8 Å². The number of carbonyl (C=O) groups excluding carboxylic acids is 2. The van der Waals surface area contributed by atoms with Crippen molar-refractivity contribution < 1.29 is 28.7 Å². The predicted octanol–water partition coefficient (Wildman–Crippen LogP) is 3.51. The Bertz CT molecular complexity index is 1130. The third-order valence-corrected chi connectivity index (χ3v) is 5.94. The number of hydrogen-bond donors (Lipinski definition) is 1. The molecule has 34 heavy (non-hydrogen) atoms. The fourth-order valence-corrected chi connectivity index (χ4v) is 3.99. The monoisotopic (exact) mass is 471 g/mol. The van der Waals surface area contributed by atoms with E-state index in [1.807, 2.05) is 13.8 Å². The number of nitrogens with zero attached hydrogens (tertiary/aromatic N) is 3. The van der Waals surface area contributed by atoms with Crippen LogP contribution in [0.5, 0.6) is 5.75 Å². The van der Waals surface area contributed by atoms with Crippen LogP contribution in [0.25, 0.3) is 5.76 Å². The molecule has 0 aliphatic carbocycles. The number of non-ortho nitro benzene ring substituents is 1. The van der Waals surface area contributed by atoms with Crippen molar-refractivity contribution in [3.05, 3.63) is 75.1 Å². The van der Waals surface area contributed by atoms with Crippen LogP contribution in [0.2, 0.25) is 0 Å². The number of Topliss-reactive ketones (excluding diaryl/α,β-unsaturated/α-hetero) is 1. The first-order chi connectivity index (χ1) is 16.2. The molecule has 3 rings (SSSR count). The molecule has 1 N–H and O–H groups in total. The zero-order valence-corrected chi connectivity index (χ0v) is 19.2. The molecule has 2 aromatic carbocycles. The molecule has 0 unspecified atom stereocenters. The summed E-state index contributed by atoms with van der Waals surface area (Å²) in [5.41, 5.74) is 0.0656. The molecule has 1 fully saturated rings. The number of amides is 1. The Morgan fingerprint density at radius 3 is 2.35 bits per heavy atom. The van der Waals surface area contributed by atoms with Crippen LogP contribution in [0, 0.1) is 15.9 Å². The summed E-state index contributed by atoms with van der Waals surface area (Å²) >= 11 is 0. The van der Waals surface area contributed by atoms with Gasteiger partial charge in [-0.2, -0.15) is 0 Å². The van der Waals surface area contributed by atoms with Gasteiger partial charge in [-0.05, 0) is 49.0 Å². The Kier molecular flexibility index (Phi) is 7.62. The van der Waals surface area contributed by atoms with Crippen molar-refractivity contribution in [3.63, 3.8) is 0 Å². The standard InChI is InChI=1S/C24H26FN3O6/c1-4-26(5-2)12-13-27-21(15-6-9-17(10-7-15)28(32)33)20(23(30)24(27)31)22(29)16-8-11-19(34-3)18(25)14-16/h6-11,14,21,29H,4-5,12-13H2,1-3H3/t21-/m1/s1. The molecule has 2 aromatic rings. The number of likely N-dealkylation sites (N-methyl/N-ethyl adjacent to an activating group) is 1. The normalized spacial score (nSPS) is 17.4. The molecule has 9 nitrogen and oxygen atoms in total. The van der Waals surface area contributed by atoms with E-state index in [1.54, 1.807) is 0 Å². The highest BCUT2D eigenvalue weighted by Crippen LogP contribution is 2.40. The van der Waals surface area contributed by atoms with E-state index in [0.717, 1.165) is 19.2 Å². The molecule has 1 aliphatic rings. The van der Waals surface area contributed by atoms with Crippen LogP contribution >= 0.6 is 0 Å². The minimum absolute atomic E-state index is 0.00644. The topological polar surface area (TPSA) is 113 Å². The number of aliphatic hydroxyl groups excluding tert-OH is 1. The van der Waals surface area contributed by atoms with Gasteiger partial charge in [-0.15, -0.1) is 0 Å². The summed E-state index contributed by atoms with van der Waals surface area (Å²) < 4.78 is 19.2. The number of methoxy groups -OCH3 is 1. The van der Waals surface area contributed by atoms with E-state index in [4.69, 9.17) is 4.74 Å². The van der Waals surface area contributed by atoms with E-state index < -0.39 is 34.2 Å². The summed E-state index contributed by atoms with van der Waals surface area (Å²) in [6, 6.07) is 8.16. The summed E-state index contributed by atoms with van der Waals surface area (Å²) in [5, 5.41) is 22.1. The van der Waals surface area contributed by atoms with Gasteiger partial charge < -0.3 is 19.6 Å². The van der Waals surface area contributed by atoms with Crippen molar-refractivity contribution in [3.8, 4) is 5.75 Å². The lowest BCUT2D eigenvalue weighted by atomic mass is 9.95. The fraction of sp³-hybridized carbons (Fsp3) is 0.333. The van der Waals surface area contributed by atoms with Crippen molar-refractivity contribution in [2.45, 2.75) is 19.9 Å². The second-order valence-corrected chi connectivity index (χ2v) is 7.72. The maximum atomic E-state index is 14.3. The van der Waals surface area contributed by atoms with Crippen LogP contribution < -0.4 is 4.74 Å². The molecule has 0 spiro atoms. The minimum atomic E-state index is -0.985. The predicted molar refractivity (Wildman–Crippen MR) is 123 cm³/mol. The van der Waals surface area contributed by atoms with Gasteiger partial charge in [-0.25, -0.2) is 4.39 Å². The van der Waals surface area contributed by atoms with Crippen molar-refractivity contribution in [2.24, 2.45) is 0 Å². The first kappa shape index (κ1) is 24.8. The van der Waals surface area contributed by atoms with E-state index in [-0.39, 0.29) is 29.1 Å². The molecule has 1 saturated heterocycles. The average Bonchev–Trinajstić information content (AvgIpc) is 3.09. The van der Waals surface area contributed by atoms with Crippen LogP contribution in [-0.2, 0) is 9.59 Å². The van der Waals surface area contributed by atoms with Crippen molar-refractivity contribution >= 4 is 23.1 Å². The molecule has 0 bridgehead atoms. The number of likely N-dealkylation sites (tertiary alicyclic amines) is 1. The molecule has 0 aromatic heterocycles. The van der Waals surface area contributed by atoms with Gasteiger partial charge in [-0.3, -0.25) is 19.7 Å². The Balaban J connectivity index is 2.12. The molecule has 0 radical (unpaired) electrons. The lowest BCUT2D eigenvalue weighted by molar-refractivity contribution is -0.384. The summed E-state index contributed by atoms with van der Waals surface area (Å²) in [4.78, 5) is 39.9. The largest absolute Gasteiger partial charge is 0.507 e. The molecule has 0 saturated carbocycles. The summed E-state index contributed by atoms with van der Waals surface area (Å²) in [6.45, 7) is 6.12. The molecule has 1 amide bonds. The van der Waals surface area contributed by atoms with E-state index >= 15 is 0 Å². The number of nitro groups is 1. The number of halogens is 1. The maximum absolute atomic E-state index is 14.3. The Labute approximate surface area is 196 Å². The number of nitro benzene ring substituents is 1.